The highest BCUT2D eigenvalue weighted by Crippen LogP contribution is 2.42. The molecular formula is C114H72N8. The van der Waals surface area contributed by atoms with Crippen molar-refractivity contribution in [1.29, 1.82) is 0 Å². The van der Waals surface area contributed by atoms with E-state index in [1.807, 2.05) is 49.1 Å². The minimum atomic E-state index is 0.837. The second-order valence-corrected chi connectivity index (χ2v) is 31.7. The second kappa shape index (κ2) is 29.9. The third-order valence-corrected chi connectivity index (χ3v) is 24.2. The summed E-state index contributed by atoms with van der Waals surface area (Å²) in [4.78, 5) is 11.9. The Bertz CT molecular complexity index is 7770. The fourth-order valence-corrected chi connectivity index (χ4v) is 17.6. The molecular weight excluding hydrogens is 1480 g/mol. The second-order valence-electron chi connectivity index (χ2n) is 31.7. The van der Waals surface area contributed by atoms with E-state index in [2.05, 4.69) is 398 Å². The molecule has 122 heavy (non-hydrogen) atoms. The van der Waals surface area contributed by atoms with Crippen molar-refractivity contribution in [2.24, 2.45) is 0 Å². The molecule has 8 nitrogen and oxygen atoms in total. The lowest BCUT2D eigenvalue weighted by molar-refractivity contribution is 0.766. The van der Waals surface area contributed by atoms with Gasteiger partial charge in [0, 0.05) is 35.9 Å². The van der Waals surface area contributed by atoms with Crippen LogP contribution in [0.15, 0.2) is 437 Å². The summed E-state index contributed by atoms with van der Waals surface area (Å²) in [7, 11) is 0. The number of hydrogen-bond donors (Lipinski definition) is 0. The van der Waals surface area contributed by atoms with Gasteiger partial charge in [0.25, 0.3) is 0 Å². The molecule has 0 atom stereocenters. The maximum Gasteiger partial charge on any atom is 0.121 e. The average Bonchev–Trinajstić information content (AvgIpc) is 1.53. The van der Waals surface area contributed by atoms with Crippen LogP contribution in [0.1, 0.15) is 0 Å². The Labute approximate surface area is 703 Å². The normalized spacial score (nSPS) is 11.6. The highest BCUT2D eigenvalue weighted by molar-refractivity contribution is 6.04. The van der Waals surface area contributed by atoms with Gasteiger partial charge in [-0.3, -0.25) is 9.97 Å². The van der Waals surface area contributed by atoms with Crippen LogP contribution in [0.3, 0.4) is 0 Å². The van der Waals surface area contributed by atoms with Crippen molar-refractivity contribution in [2.75, 3.05) is 0 Å². The summed E-state index contributed by atoms with van der Waals surface area (Å²) in [5, 5.41) is 40.0. The molecule has 24 rings (SSSR count). The molecule has 0 aliphatic carbocycles. The van der Waals surface area contributed by atoms with Crippen LogP contribution in [-0.4, -0.2) is 40.0 Å². The molecule has 0 spiro atoms. The summed E-state index contributed by atoms with van der Waals surface area (Å²) in [6, 6.07) is 149. The first-order valence-corrected chi connectivity index (χ1v) is 41.3. The van der Waals surface area contributed by atoms with E-state index in [0.717, 1.165) is 100 Å². The van der Waals surface area contributed by atoms with Gasteiger partial charge in [-0.15, -0.1) is 20.4 Å². The molecule has 0 saturated heterocycles. The molecule has 0 amide bonds. The van der Waals surface area contributed by atoms with Gasteiger partial charge in [0.15, 0.2) is 0 Å². The van der Waals surface area contributed by atoms with Crippen LogP contribution < -0.4 is 0 Å². The van der Waals surface area contributed by atoms with Crippen molar-refractivity contribution in [3.63, 3.8) is 0 Å². The number of benzene rings is 20. The fourth-order valence-electron chi connectivity index (χ4n) is 17.6. The zero-order valence-corrected chi connectivity index (χ0v) is 66.1. The van der Waals surface area contributed by atoms with E-state index >= 15 is 0 Å². The molecule has 0 aliphatic heterocycles. The zero-order chi connectivity index (χ0) is 80.6. The molecule has 4 aromatic heterocycles. The van der Waals surface area contributed by atoms with E-state index in [9.17, 15) is 0 Å². The van der Waals surface area contributed by atoms with Crippen molar-refractivity contribution >= 4 is 108 Å². The van der Waals surface area contributed by atoms with Crippen molar-refractivity contribution in [1.82, 2.24) is 40.0 Å². The summed E-state index contributed by atoms with van der Waals surface area (Å²) in [5.74, 6) is 0. The van der Waals surface area contributed by atoms with Gasteiger partial charge in [-0.05, 0) is 332 Å². The number of nitrogens with zero attached hydrogens (tertiary/aromatic N) is 8. The van der Waals surface area contributed by atoms with E-state index in [4.69, 9.17) is 20.4 Å². The van der Waals surface area contributed by atoms with Crippen LogP contribution in [0.25, 0.3) is 231 Å². The molecule has 0 radical (unpaired) electrons. The van der Waals surface area contributed by atoms with Gasteiger partial charge in [0.2, 0.25) is 0 Å². The van der Waals surface area contributed by atoms with Gasteiger partial charge in [0.05, 0.1) is 11.4 Å². The van der Waals surface area contributed by atoms with E-state index in [1.165, 1.54) is 131 Å². The molecule has 8 heteroatoms. The van der Waals surface area contributed by atoms with Gasteiger partial charge in [0.1, 0.15) is 22.1 Å². The maximum absolute atomic E-state index is 5.16. The predicted molar refractivity (Wildman–Crippen MR) is 508 cm³/mol. The van der Waals surface area contributed by atoms with Crippen LogP contribution in [0.2, 0.25) is 0 Å². The molecule has 0 fully saturated rings. The van der Waals surface area contributed by atoms with Crippen molar-refractivity contribution in [2.45, 2.75) is 0 Å². The molecule has 0 bridgehead atoms. The predicted octanol–water partition coefficient (Wildman–Crippen LogP) is 29.5. The van der Waals surface area contributed by atoms with Crippen LogP contribution in [0.5, 0.6) is 0 Å². The molecule has 0 unspecified atom stereocenters. The number of pyridine rings is 2. The van der Waals surface area contributed by atoms with Gasteiger partial charge >= 0.3 is 0 Å². The molecule has 24 aromatic rings. The number of hydrogen-bond acceptors (Lipinski definition) is 6. The third kappa shape index (κ3) is 13.6. The topological polar surface area (TPSA) is 87.2 Å². The first-order chi connectivity index (χ1) is 60.3. The Morgan fingerprint density at radius 3 is 0.598 bits per heavy atom. The van der Waals surface area contributed by atoms with Gasteiger partial charge < -0.3 is 0 Å². The SMILES string of the molecule is c1ccc2cc(-c3ccc4cc(-c5cc(-c6ccc7cc(-c8ccc9ccccc9c8)ccc7c6)c6nn(-c7ccc(-c8ccncc8)cc7)nc6c5)ccc4c3)ccc2c1.c1ccc2cc(-c3ccc4cc(-c5cc(-c6ccc7cc(-c8ccc9ccccc9c8)ccc7c6)c6nn(-c7ccc(-c8ccncc8)cc7)nc6c5)ccc4c3)ccc2c1. The highest BCUT2D eigenvalue weighted by Gasteiger charge is 2.20. The Balaban J connectivity index is 0.000000142. The van der Waals surface area contributed by atoms with E-state index in [1.54, 1.807) is 9.59 Å². The average molecular weight is 1550 g/mol. The van der Waals surface area contributed by atoms with E-state index < -0.39 is 0 Å². The Kier molecular flexibility index (Phi) is 17.4. The number of rotatable bonds is 12. The number of aromatic nitrogens is 8. The Morgan fingerprint density at radius 1 is 0.139 bits per heavy atom. The van der Waals surface area contributed by atoms with Crippen LogP contribution in [-0.2, 0) is 0 Å². The Morgan fingerprint density at radius 2 is 0.336 bits per heavy atom. The largest absolute Gasteiger partial charge is 0.265 e. The molecule has 4 heterocycles. The van der Waals surface area contributed by atoms with Gasteiger partial charge in [-0.25, -0.2) is 0 Å². The molecule has 20 aromatic carbocycles. The first kappa shape index (κ1) is 70.9. The summed E-state index contributed by atoms with van der Waals surface area (Å²) in [6.45, 7) is 0. The van der Waals surface area contributed by atoms with Crippen molar-refractivity contribution < 1.29 is 0 Å². The van der Waals surface area contributed by atoms with Gasteiger partial charge in [-0.1, -0.05) is 267 Å². The number of fused-ring (bicyclic) bond motifs is 10. The molecule has 568 valence electrons. The standard InChI is InChI=1S/2C57H36N4/c2*1-3-7-41-29-43(11-9-37(41)5-1)45-13-14-48-33-51(18-17-47(48)31-45)53-35-55(57-56(36-53)59-61(60-57)54-23-21-39(22-24-54)40-25-27-58-28-26-40)52-20-19-49-32-46(15-16-50(49)34-52)44-12-10-38-6-2-4-8-42(38)30-44/h2*1-36H. The smallest absolute Gasteiger partial charge is 0.121 e. The lowest BCUT2D eigenvalue weighted by atomic mass is 9.93. The summed E-state index contributed by atoms with van der Waals surface area (Å²) in [6.07, 6.45) is 7.28. The minimum Gasteiger partial charge on any atom is -0.265 e. The van der Waals surface area contributed by atoms with Crippen LogP contribution in [0.4, 0.5) is 0 Å². The highest BCUT2D eigenvalue weighted by atomic mass is 15.5. The first-order valence-electron chi connectivity index (χ1n) is 41.3. The molecule has 0 N–H and O–H groups in total. The van der Waals surface area contributed by atoms with E-state index in [0.29, 0.717) is 0 Å². The minimum absolute atomic E-state index is 0.837. The zero-order valence-electron chi connectivity index (χ0n) is 66.1. The van der Waals surface area contributed by atoms with E-state index in [-0.39, 0.29) is 0 Å². The quantitative estimate of drug-likeness (QED) is 0.121. The van der Waals surface area contributed by atoms with Crippen molar-refractivity contribution in [3.8, 4) is 123 Å². The summed E-state index contributed by atoms with van der Waals surface area (Å²) < 4.78 is 0. The maximum atomic E-state index is 5.16. The monoisotopic (exact) mass is 1550 g/mol. The summed E-state index contributed by atoms with van der Waals surface area (Å²) in [5.41, 5.74) is 28.1. The van der Waals surface area contributed by atoms with Crippen LogP contribution in [0, 0.1) is 0 Å². The van der Waals surface area contributed by atoms with Crippen molar-refractivity contribution in [3.05, 3.63) is 437 Å². The Hall–Kier alpha value is -16.4. The summed E-state index contributed by atoms with van der Waals surface area (Å²) >= 11 is 0. The lowest BCUT2D eigenvalue weighted by Gasteiger charge is -2.11. The third-order valence-electron chi connectivity index (χ3n) is 24.2. The molecule has 0 saturated carbocycles. The van der Waals surface area contributed by atoms with Crippen LogP contribution >= 0.6 is 0 Å². The fraction of sp³-hybridized carbons (Fsp3) is 0. The lowest BCUT2D eigenvalue weighted by Crippen LogP contribution is -1.98. The molecule has 0 aliphatic rings. The van der Waals surface area contributed by atoms with Gasteiger partial charge in [-0.2, -0.15) is 9.59 Å².